The van der Waals surface area contributed by atoms with Crippen molar-refractivity contribution < 1.29 is 19.2 Å². The van der Waals surface area contributed by atoms with Gasteiger partial charge in [-0.2, -0.15) is 0 Å². The molecule has 0 aromatic heterocycles. The first-order chi connectivity index (χ1) is 18.0. The maximum Gasteiger partial charge on any atom is 0.269 e. The van der Waals surface area contributed by atoms with Gasteiger partial charge in [-0.25, -0.2) is 0 Å². The molecule has 0 aliphatic rings. The predicted molar refractivity (Wildman–Crippen MR) is 155 cm³/mol. The number of ketones is 1. The fourth-order valence-corrected chi connectivity index (χ4v) is 3.09. The highest BCUT2D eigenvalue weighted by Gasteiger charge is 2.05. The van der Waals surface area contributed by atoms with Crippen LogP contribution in [0.25, 0.3) is 0 Å². The number of Topliss-reactive ketones (excluding diaryl/α,β-unsaturated/α-hetero) is 1. The Kier molecular flexibility index (Phi) is 13.3. The first-order valence-electron chi connectivity index (χ1n) is 11.9. The Bertz CT molecular complexity index is 1120. The first kappa shape index (κ1) is 31.4. The number of hydrogen-bond donors (Lipinski definition) is 4. The van der Waals surface area contributed by atoms with Crippen molar-refractivity contribution in [3.8, 4) is 11.5 Å². The number of nitro benzene ring substituents is 1. The standard InChI is InChI=1S/C13H20N2O.C8H12N2O2.C6H6N2O2/c1-3-13(16)5-4-10-15(2)12-8-6-11(14)7-9-12;1-11-7-3-6(10)8(12-2)4-5(7)9;7-5-1-3-6(4-2-5)8(9)10/h6-9H,3-5,10,14H2,1-2H3;3-4H,9-10H2,1-2H3;1-4H,7H2. The van der Waals surface area contributed by atoms with Crippen molar-refractivity contribution in [2.24, 2.45) is 0 Å². The molecule has 206 valence electrons. The summed E-state index contributed by atoms with van der Waals surface area (Å²) in [5.41, 5.74) is 25.7. The summed E-state index contributed by atoms with van der Waals surface area (Å²) >= 11 is 0. The maximum atomic E-state index is 11.1. The van der Waals surface area contributed by atoms with Crippen molar-refractivity contribution in [2.75, 3.05) is 55.6 Å². The summed E-state index contributed by atoms with van der Waals surface area (Å²) in [4.78, 5) is 22.9. The van der Waals surface area contributed by atoms with Crippen LogP contribution in [0.5, 0.6) is 11.5 Å². The highest BCUT2D eigenvalue weighted by molar-refractivity contribution is 5.78. The number of nitro groups is 1. The van der Waals surface area contributed by atoms with Gasteiger partial charge in [0.05, 0.1) is 30.5 Å². The molecule has 0 atom stereocenters. The van der Waals surface area contributed by atoms with Crippen molar-refractivity contribution in [1.29, 1.82) is 0 Å². The molecule has 0 bridgehead atoms. The van der Waals surface area contributed by atoms with Gasteiger partial charge in [0, 0.05) is 67.8 Å². The van der Waals surface area contributed by atoms with Crippen LogP contribution in [0.15, 0.2) is 60.7 Å². The summed E-state index contributed by atoms with van der Waals surface area (Å²) in [5.74, 6) is 1.47. The van der Waals surface area contributed by atoms with Gasteiger partial charge in [-0.3, -0.25) is 14.9 Å². The lowest BCUT2D eigenvalue weighted by Gasteiger charge is -2.19. The third-order valence-corrected chi connectivity index (χ3v) is 5.36. The van der Waals surface area contributed by atoms with Gasteiger partial charge in [0.25, 0.3) is 5.69 Å². The van der Waals surface area contributed by atoms with Crippen LogP contribution in [0.4, 0.5) is 34.1 Å². The normalized spacial score (nSPS) is 9.68. The van der Waals surface area contributed by atoms with Crippen LogP contribution in [0.1, 0.15) is 26.2 Å². The molecule has 11 nitrogen and oxygen atoms in total. The number of benzene rings is 3. The smallest absolute Gasteiger partial charge is 0.269 e. The number of nitrogen functional groups attached to an aromatic ring is 4. The summed E-state index contributed by atoms with van der Waals surface area (Å²) in [5, 5.41) is 10.1. The molecule has 3 rings (SSSR count). The minimum absolute atomic E-state index is 0.0641. The first-order valence-corrected chi connectivity index (χ1v) is 11.9. The van der Waals surface area contributed by atoms with E-state index in [0.29, 0.717) is 47.2 Å². The van der Waals surface area contributed by atoms with Crippen molar-refractivity contribution in [3.05, 3.63) is 70.8 Å². The molecule has 38 heavy (non-hydrogen) atoms. The number of anilines is 5. The van der Waals surface area contributed by atoms with Crippen LogP contribution in [0.2, 0.25) is 0 Å². The van der Waals surface area contributed by atoms with E-state index in [1.807, 2.05) is 38.2 Å². The molecule has 0 spiro atoms. The molecule has 0 saturated carbocycles. The number of nitrogens with two attached hydrogens (primary N) is 4. The van der Waals surface area contributed by atoms with Crippen LogP contribution >= 0.6 is 0 Å². The SMILES string of the molecule is CCC(=O)CCCN(C)c1ccc(N)cc1.COc1cc(N)c(OC)cc1N.Nc1ccc([N+](=O)[O-])cc1. The van der Waals surface area contributed by atoms with Crippen LogP contribution in [-0.4, -0.2) is 38.5 Å². The van der Waals surface area contributed by atoms with Gasteiger partial charge in [0.1, 0.15) is 17.3 Å². The van der Waals surface area contributed by atoms with Gasteiger partial charge in [-0.1, -0.05) is 6.92 Å². The topological polar surface area (TPSA) is 186 Å². The average Bonchev–Trinajstić information content (AvgIpc) is 2.90. The van der Waals surface area contributed by atoms with Gasteiger partial charge in [0.2, 0.25) is 0 Å². The summed E-state index contributed by atoms with van der Waals surface area (Å²) in [6.45, 7) is 2.81. The van der Waals surface area contributed by atoms with Crippen LogP contribution < -0.4 is 37.3 Å². The van der Waals surface area contributed by atoms with E-state index < -0.39 is 4.92 Å². The fraction of sp³-hybridized carbons (Fsp3) is 0.296. The molecule has 0 aliphatic carbocycles. The Morgan fingerprint density at radius 2 is 1.32 bits per heavy atom. The van der Waals surface area contributed by atoms with Crippen LogP contribution in [0, 0.1) is 10.1 Å². The Hall–Kier alpha value is -4.67. The predicted octanol–water partition coefficient (Wildman–Crippen LogP) is 4.51. The summed E-state index contributed by atoms with van der Waals surface area (Å²) in [7, 11) is 5.11. The average molecular weight is 527 g/mol. The number of ether oxygens (including phenoxy) is 2. The molecule has 0 aliphatic heterocycles. The largest absolute Gasteiger partial charge is 0.495 e. The molecule has 3 aromatic carbocycles. The van der Waals surface area contributed by atoms with Gasteiger partial charge in [-0.15, -0.1) is 0 Å². The Morgan fingerprint density at radius 3 is 1.71 bits per heavy atom. The third kappa shape index (κ3) is 10.9. The molecular formula is C27H38N6O5. The lowest BCUT2D eigenvalue weighted by molar-refractivity contribution is -0.384. The van der Waals surface area contributed by atoms with Crippen LogP contribution in [0.3, 0.4) is 0 Å². The second-order valence-electron chi connectivity index (χ2n) is 8.19. The molecule has 8 N–H and O–H groups in total. The molecule has 0 unspecified atom stereocenters. The van der Waals surface area contributed by atoms with E-state index in [1.165, 1.54) is 38.5 Å². The number of rotatable bonds is 9. The number of non-ortho nitro benzene ring substituents is 1. The summed E-state index contributed by atoms with van der Waals surface area (Å²) in [6, 6.07) is 16.8. The minimum atomic E-state index is -0.459. The Morgan fingerprint density at radius 1 is 0.868 bits per heavy atom. The Balaban J connectivity index is 0.000000294. The van der Waals surface area contributed by atoms with Gasteiger partial charge < -0.3 is 37.3 Å². The van der Waals surface area contributed by atoms with E-state index in [1.54, 1.807) is 12.1 Å². The third-order valence-electron chi connectivity index (χ3n) is 5.36. The number of nitrogens with zero attached hydrogens (tertiary/aromatic N) is 2. The Labute approximate surface area is 223 Å². The number of carbonyl (C=O) groups excluding carboxylic acids is 1. The van der Waals surface area contributed by atoms with Crippen LogP contribution in [-0.2, 0) is 4.79 Å². The van der Waals surface area contributed by atoms with Crippen molar-refractivity contribution >= 4 is 39.9 Å². The van der Waals surface area contributed by atoms with Gasteiger partial charge in [-0.05, 0) is 42.8 Å². The van der Waals surface area contributed by atoms with E-state index in [9.17, 15) is 14.9 Å². The zero-order valence-electron chi connectivity index (χ0n) is 22.3. The van der Waals surface area contributed by atoms with Gasteiger partial charge >= 0.3 is 0 Å². The van der Waals surface area contributed by atoms with E-state index in [2.05, 4.69) is 4.90 Å². The number of carbonyl (C=O) groups is 1. The lowest BCUT2D eigenvalue weighted by atomic mass is 10.1. The number of methoxy groups -OCH3 is 2. The highest BCUT2D eigenvalue weighted by atomic mass is 16.6. The van der Waals surface area contributed by atoms with Gasteiger partial charge in [0.15, 0.2) is 0 Å². The van der Waals surface area contributed by atoms with E-state index in [0.717, 1.165) is 24.3 Å². The second-order valence-corrected chi connectivity index (χ2v) is 8.19. The molecule has 11 heteroatoms. The molecule has 0 heterocycles. The summed E-state index contributed by atoms with van der Waals surface area (Å²) < 4.78 is 9.93. The maximum absolute atomic E-state index is 11.1. The second kappa shape index (κ2) is 16.1. The summed E-state index contributed by atoms with van der Waals surface area (Å²) in [6.07, 6.45) is 2.23. The lowest BCUT2D eigenvalue weighted by Crippen LogP contribution is -2.19. The fourth-order valence-electron chi connectivity index (χ4n) is 3.09. The molecular weight excluding hydrogens is 488 g/mol. The van der Waals surface area contributed by atoms with Crippen molar-refractivity contribution in [1.82, 2.24) is 0 Å². The van der Waals surface area contributed by atoms with Crippen molar-refractivity contribution in [2.45, 2.75) is 26.2 Å². The highest BCUT2D eigenvalue weighted by Crippen LogP contribution is 2.32. The van der Waals surface area contributed by atoms with E-state index >= 15 is 0 Å². The monoisotopic (exact) mass is 526 g/mol. The number of hydrogen-bond acceptors (Lipinski definition) is 10. The van der Waals surface area contributed by atoms with Crippen molar-refractivity contribution in [3.63, 3.8) is 0 Å². The zero-order valence-corrected chi connectivity index (χ0v) is 22.3. The molecule has 0 radical (unpaired) electrons. The minimum Gasteiger partial charge on any atom is -0.495 e. The van der Waals surface area contributed by atoms with E-state index in [-0.39, 0.29) is 5.69 Å². The quantitative estimate of drug-likeness (QED) is 0.175. The molecule has 0 fully saturated rings. The zero-order chi connectivity index (χ0) is 28.7. The van der Waals surface area contributed by atoms with E-state index in [4.69, 9.17) is 32.4 Å². The molecule has 0 saturated heterocycles. The molecule has 0 amide bonds. The molecule has 3 aromatic rings.